The van der Waals surface area contributed by atoms with Gasteiger partial charge in [0.2, 0.25) is 0 Å². The minimum Gasteiger partial charge on any atom is -0.496 e. The highest BCUT2D eigenvalue weighted by atomic mass is 19.3. The van der Waals surface area contributed by atoms with Crippen LogP contribution in [-0.4, -0.2) is 51.8 Å². The molecule has 5 rings (SSSR count). The molecule has 0 spiro atoms. The number of hydrogen-bond donors (Lipinski definition) is 1. The fourth-order valence-electron chi connectivity index (χ4n) is 4.85. The Morgan fingerprint density at radius 3 is 2.65 bits per heavy atom. The maximum Gasteiger partial charge on any atom is 0.387 e. The van der Waals surface area contributed by atoms with Crippen molar-refractivity contribution in [2.75, 3.05) is 20.2 Å². The number of Topliss-reactive ketones (excluding diaryl/α,β-unsaturated/α-hetero) is 1. The molecule has 0 amide bonds. The number of pyridine rings is 1. The number of benzene rings is 1. The number of ether oxygens (including phenoxy) is 2. The smallest absolute Gasteiger partial charge is 0.387 e. The molecule has 194 valence electrons. The molecule has 4 heterocycles. The standard InChI is InChI=1S/C27H29F2N5O3/c1-3-4-22(35)26-23(36-2)11-18(12-24(26)37-27(28)29)21-15-31-25-13-17(7-10-33(21)25)19-14-32-34(16-19)20-5-8-30-9-6-20/h7,10-16,20,27,30H,3-6,8-9H2,1-2H3. The van der Waals surface area contributed by atoms with Crippen molar-refractivity contribution in [3.8, 4) is 33.9 Å². The SMILES string of the molecule is CCCC(=O)c1c(OC)cc(-c2cnc3cc(-c4cnn(C5CCNCC5)c4)ccn23)cc1OC(F)F. The molecule has 4 aromatic rings. The molecule has 0 bridgehead atoms. The number of nitrogens with zero attached hydrogens (tertiary/aromatic N) is 4. The van der Waals surface area contributed by atoms with Gasteiger partial charge < -0.3 is 14.8 Å². The number of carbonyl (C=O) groups is 1. The number of piperidine rings is 1. The van der Waals surface area contributed by atoms with Gasteiger partial charge in [0.1, 0.15) is 22.7 Å². The van der Waals surface area contributed by atoms with Crippen molar-refractivity contribution in [2.45, 2.75) is 45.3 Å². The van der Waals surface area contributed by atoms with Gasteiger partial charge in [-0.15, -0.1) is 0 Å². The molecule has 8 nitrogen and oxygen atoms in total. The third-order valence-corrected chi connectivity index (χ3v) is 6.68. The van der Waals surface area contributed by atoms with Gasteiger partial charge in [0, 0.05) is 29.9 Å². The van der Waals surface area contributed by atoms with Gasteiger partial charge in [-0.05, 0) is 62.2 Å². The van der Waals surface area contributed by atoms with Gasteiger partial charge in [-0.3, -0.25) is 13.9 Å². The van der Waals surface area contributed by atoms with E-state index in [0.717, 1.165) is 37.1 Å². The number of fused-ring (bicyclic) bond motifs is 1. The van der Waals surface area contributed by atoms with Crippen LogP contribution in [0, 0.1) is 0 Å². The van der Waals surface area contributed by atoms with E-state index in [0.29, 0.717) is 29.4 Å². The minimum absolute atomic E-state index is 0.0234. The molecular weight excluding hydrogens is 480 g/mol. The van der Waals surface area contributed by atoms with Crippen molar-refractivity contribution in [3.05, 3.63) is 54.6 Å². The van der Waals surface area contributed by atoms with Gasteiger partial charge in [0.05, 0.1) is 31.2 Å². The summed E-state index contributed by atoms with van der Waals surface area (Å²) in [5.41, 5.74) is 3.88. The fourth-order valence-corrected chi connectivity index (χ4v) is 4.85. The molecule has 10 heteroatoms. The second kappa shape index (κ2) is 10.7. The summed E-state index contributed by atoms with van der Waals surface area (Å²) in [6.45, 7) is 0.748. The van der Waals surface area contributed by atoms with E-state index in [1.165, 1.54) is 13.2 Å². The van der Waals surface area contributed by atoms with Crippen LogP contribution in [-0.2, 0) is 0 Å². The van der Waals surface area contributed by atoms with E-state index in [-0.39, 0.29) is 29.3 Å². The van der Waals surface area contributed by atoms with Crippen LogP contribution < -0.4 is 14.8 Å². The number of ketones is 1. The van der Waals surface area contributed by atoms with Crippen molar-refractivity contribution in [3.63, 3.8) is 0 Å². The highest BCUT2D eigenvalue weighted by Crippen LogP contribution is 2.37. The van der Waals surface area contributed by atoms with Crippen molar-refractivity contribution in [1.29, 1.82) is 0 Å². The van der Waals surface area contributed by atoms with Crippen LogP contribution >= 0.6 is 0 Å². The first-order valence-corrected chi connectivity index (χ1v) is 12.4. The Morgan fingerprint density at radius 2 is 1.92 bits per heavy atom. The van der Waals surface area contributed by atoms with Crippen molar-refractivity contribution < 1.29 is 23.0 Å². The third kappa shape index (κ3) is 5.06. The summed E-state index contributed by atoms with van der Waals surface area (Å²) in [6.07, 6.45) is 10.3. The van der Waals surface area contributed by atoms with E-state index in [1.54, 1.807) is 12.3 Å². The van der Waals surface area contributed by atoms with Gasteiger partial charge in [0.25, 0.3) is 0 Å². The first-order chi connectivity index (χ1) is 18.0. The van der Waals surface area contributed by atoms with Gasteiger partial charge in [-0.25, -0.2) is 4.98 Å². The molecular formula is C27H29F2N5O3. The Morgan fingerprint density at radius 1 is 1.14 bits per heavy atom. The normalized spacial score (nSPS) is 14.4. The zero-order valence-electron chi connectivity index (χ0n) is 20.8. The number of methoxy groups -OCH3 is 1. The first-order valence-electron chi connectivity index (χ1n) is 12.4. The van der Waals surface area contributed by atoms with Gasteiger partial charge >= 0.3 is 6.61 Å². The Bertz CT molecular complexity index is 1410. The summed E-state index contributed by atoms with van der Waals surface area (Å²) >= 11 is 0. The lowest BCUT2D eigenvalue weighted by Crippen LogP contribution is -2.29. The first kappa shape index (κ1) is 24.9. The van der Waals surface area contributed by atoms with Crippen molar-refractivity contribution >= 4 is 11.4 Å². The molecule has 0 radical (unpaired) electrons. The van der Waals surface area contributed by atoms with Crippen LogP contribution in [0.3, 0.4) is 0 Å². The number of aromatic nitrogens is 4. The summed E-state index contributed by atoms with van der Waals surface area (Å²) in [5.74, 6) is -0.336. The van der Waals surface area contributed by atoms with E-state index >= 15 is 0 Å². The van der Waals surface area contributed by atoms with E-state index in [1.807, 2.05) is 40.5 Å². The minimum atomic E-state index is -3.08. The second-order valence-corrected chi connectivity index (χ2v) is 9.08. The average molecular weight is 510 g/mol. The lowest BCUT2D eigenvalue weighted by atomic mass is 10.0. The van der Waals surface area contributed by atoms with E-state index in [9.17, 15) is 13.6 Å². The van der Waals surface area contributed by atoms with E-state index in [4.69, 9.17) is 9.47 Å². The summed E-state index contributed by atoms with van der Waals surface area (Å²) in [4.78, 5) is 17.2. The van der Waals surface area contributed by atoms with Crippen LogP contribution in [0.25, 0.3) is 28.0 Å². The maximum absolute atomic E-state index is 13.2. The monoisotopic (exact) mass is 509 g/mol. The van der Waals surface area contributed by atoms with E-state index in [2.05, 4.69) is 21.6 Å². The Labute approximate surface area is 213 Å². The van der Waals surface area contributed by atoms with Crippen LogP contribution in [0.15, 0.2) is 49.1 Å². The molecule has 37 heavy (non-hydrogen) atoms. The summed E-state index contributed by atoms with van der Waals surface area (Å²) < 4.78 is 40.6. The van der Waals surface area contributed by atoms with Gasteiger partial charge in [-0.2, -0.15) is 13.9 Å². The lowest BCUT2D eigenvalue weighted by molar-refractivity contribution is -0.0502. The quantitative estimate of drug-likeness (QED) is 0.305. The fraction of sp³-hybridized carbons (Fsp3) is 0.370. The Balaban J connectivity index is 1.51. The molecule has 0 atom stereocenters. The molecule has 1 N–H and O–H groups in total. The highest BCUT2D eigenvalue weighted by Gasteiger charge is 2.23. The number of nitrogens with one attached hydrogen (secondary N) is 1. The van der Waals surface area contributed by atoms with E-state index < -0.39 is 6.61 Å². The topological polar surface area (TPSA) is 82.7 Å². The molecule has 3 aromatic heterocycles. The van der Waals surface area contributed by atoms with Crippen molar-refractivity contribution in [2.24, 2.45) is 0 Å². The predicted octanol–water partition coefficient (Wildman–Crippen LogP) is 5.38. The average Bonchev–Trinajstić information content (AvgIpc) is 3.56. The van der Waals surface area contributed by atoms with Gasteiger partial charge in [0.15, 0.2) is 5.78 Å². The maximum atomic E-state index is 13.2. The second-order valence-electron chi connectivity index (χ2n) is 9.08. The molecule has 0 aliphatic carbocycles. The molecule has 1 aliphatic rings. The third-order valence-electron chi connectivity index (χ3n) is 6.68. The molecule has 1 saturated heterocycles. The zero-order valence-corrected chi connectivity index (χ0v) is 20.8. The number of hydrogen-bond acceptors (Lipinski definition) is 6. The number of rotatable bonds is 9. The molecule has 0 saturated carbocycles. The van der Waals surface area contributed by atoms with Crippen LogP contribution in [0.1, 0.15) is 49.0 Å². The number of imidazole rings is 1. The molecule has 1 aromatic carbocycles. The number of alkyl halides is 2. The predicted molar refractivity (Wildman–Crippen MR) is 135 cm³/mol. The largest absolute Gasteiger partial charge is 0.496 e. The van der Waals surface area contributed by atoms with Crippen LogP contribution in [0.4, 0.5) is 8.78 Å². The van der Waals surface area contributed by atoms with Crippen molar-refractivity contribution in [1.82, 2.24) is 24.5 Å². The van der Waals surface area contributed by atoms with Gasteiger partial charge in [-0.1, -0.05) is 6.92 Å². The molecule has 0 unspecified atom stereocenters. The highest BCUT2D eigenvalue weighted by molar-refractivity contribution is 6.02. The Hall–Kier alpha value is -3.79. The zero-order chi connectivity index (χ0) is 25.9. The summed E-state index contributed by atoms with van der Waals surface area (Å²) in [5, 5.41) is 7.95. The summed E-state index contributed by atoms with van der Waals surface area (Å²) in [7, 11) is 1.40. The number of carbonyl (C=O) groups excluding carboxylic acids is 1. The number of halogens is 2. The van der Waals surface area contributed by atoms with Crippen LogP contribution in [0.5, 0.6) is 11.5 Å². The van der Waals surface area contributed by atoms with Crippen LogP contribution in [0.2, 0.25) is 0 Å². The summed E-state index contributed by atoms with van der Waals surface area (Å²) in [6, 6.07) is 7.41. The lowest BCUT2D eigenvalue weighted by Gasteiger charge is -2.22. The Kier molecular flexibility index (Phi) is 7.18. The molecule has 1 fully saturated rings. The molecule has 1 aliphatic heterocycles.